The smallest absolute Gasteiger partial charge is 0.115 e. The Morgan fingerprint density at radius 1 is 1.11 bits per heavy atom. The number of benzene rings is 1. The molecule has 1 aliphatic carbocycles. The Bertz CT molecular complexity index is 356. The van der Waals surface area contributed by atoms with Crippen molar-refractivity contribution in [1.29, 1.82) is 0 Å². The van der Waals surface area contributed by atoms with Crippen LogP contribution in [0.25, 0.3) is 0 Å². The molecule has 1 fully saturated rings. The lowest BCUT2D eigenvalue weighted by Crippen LogP contribution is -2.32. The van der Waals surface area contributed by atoms with E-state index in [4.69, 9.17) is 0 Å². The summed E-state index contributed by atoms with van der Waals surface area (Å²) in [5.74, 6) is 0.360. The van der Waals surface area contributed by atoms with Crippen LogP contribution in [-0.2, 0) is 0 Å². The van der Waals surface area contributed by atoms with Crippen LogP contribution in [0.3, 0.4) is 0 Å². The van der Waals surface area contributed by atoms with Crippen LogP contribution >= 0.6 is 0 Å². The maximum atomic E-state index is 9.52. The van der Waals surface area contributed by atoms with Crippen LogP contribution in [0.2, 0.25) is 0 Å². The van der Waals surface area contributed by atoms with E-state index in [1.165, 1.54) is 50.5 Å². The van der Waals surface area contributed by atoms with E-state index in [2.05, 4.69) is 18.3 Å². The molecule has 100 valence electrons. The topological polar surface area (TPSA) is 32.3 Å². The van der Waals surface area contributed by atoms with Gasteiger partial charge >= 0.3 is 0 Å². The quantitative estimate of drug-likeness (QED) is 0.840. The van der Waals surface area contributed by atoms with Crippen LogP contribution in [0.15, 0.2) is 24.3 Å². The van der Waals surface area contributed by atoms with Crippen LogP contribution in [0, 0.1) is 0 Å². The van der Waals surface area contributed by atoms with E-state index in [0.717, 1.165) is 0 Å². The van der Waals surface area contributed by atoms with Gasteiger partial charge in [-0.25, -0.2) is 0 Å². The predicted molar refractivity (Wildman–Crippen MR) is 75.8 cm³/mol. The van der Waals surface area contributed by atoms with Crippen molar-refractivity contribution in [1.82, 2.24) is 5.32 Å². The van der Waals surface area contributed by atoms with E-state index in [-0.39, 0.29) is 0 Å². The van der Waals surface area contributed by atoms with Crippen LogP contribution in [0.4, 0.5) is 0 Å². The van der Waals surface area contributed by atoms with E-state index in [1.807, 2.05) is 12.1 Å². The first-order valence-corrected chi connectivity index (χ1v) is 7.30. The van der Waals surface area contributed by atoms with Gasteiger partial charge in [0.2, 0.25) is 0 Å². The Hall–Kier alpha value is -1.02. The Labute approximate surface area is 110 Å². The minimum Gasteiger partial charge on any atom is -0.508 e. The minimum atomic E-state index is 0.321. The third kappa shape index (κ3) is 4.02. The summed E-state index contributed by atoms with van der Waals surface area (Å²) in [6.07, 6.45) is 9.48. The van der Waals surface area contributed by atoms with Gasteiger partial charge in [-0.15, -0.1) is 0 Å². The molecule has 2 nitrogen and oxygen atoms in total. The van der Waals surface area contributed by atoms with Crippen molar-refractivity contribution in [3.63, 3.8) is 0 Å². The molecule has 0 heterocycles. The molecule has 2 N–H and O–H groups in total. The van der Waals surface area contributed by atoms with Gasteiger partial charge in [-0.05, 0) is 37.5 Å². The van der Waals surface area contributed by atoms with Gasteiger partial charge in [0.1, 0.15) is 5.75 Å². The maximum absolute atomic E-state index is 9.52. The van der Waals surface area contributed by atoms with Gasteiger partial charge in [0.05, 0.1) is 0 Å². The molecule has 0 saturated heterocycles. The standard InChI is InChI=1S/C16H25NO/c1-13(14-8-7-11-16(18)12-14)17-15-9-5-3-2-4-6-10-15/h7-8,11-13,15,17-18H,2-6,9-10H2,1H3. The number of phenolic OH excluding ortho intramolecular Hbond substituents is 1. The van der Waals surface area contributed by atoms with Crippen molar-refractivity contribution < 1.29 is 5.11 Å². The Balaban J connectivity index is 1.90. The van der Waals surface area contributed by atoms with Crippen LogP contribution in [0.5, 0.6) is 5.75 Å². The fourth-order valence-corrected chi connectivity index (χ4v) is 2.87. The fourth-order valence-electron chi connectivity index (χ4n) is 2.87. The summed E-state index contributed by atoms with van der Waals surface area (Å²) in [5.41, 5.74) is 1.18. The molecule has 2 heteroatoms. The highest BCUT2D eigenvalue weighted by molar-refractivity contribution is 5.29. The zero-order valence-electron chi connectivity index (χ0n) is 11.4. The van der Waals surface area contributed by atoms with Crippen molar-refractivity contribution in [2.24, 2.45) is 0 Å². The van der Waals surface area contributed by atoms with Crippen molar-refractivity contribution in [3.05, 3.63) is 29.8 Å². The number of aromatic hydroxyl groups is 1. The molecular weight excluding hydrogens is 222 g/mol. The summed E-state index contributed by atoms with van der Waals surface area (Å²) < 4.78 is 0. The number of rotatable bonds is 3. The number of hydrogen-bond acceptors (Lipinski definition) is 2. The average molecular weight is 247 g/mol. The lowest BCUT2D eigenvalue weighted by Gasteiger charge is -2.25. The second-order valence-corrected chi connectivity index (χ2v) is 5.53. The SMILES string of the molecule is CC(NC1CCCCCCC1)c1cccc(O)c1. The van der Waals surface area contributed by atoms with Gasteiger partial charge < -0.3 is 10.4 Å². The molecule has 0 amide bonds. The lowest BCUT2D eigenvalue weighted by atomic mass is 9.95. The molecular formula is C16H25NO. The van der Waals surface area contributed by atoms with Crippen LogP contribution in [-0.4, -0.2) is 11.1 Å². The van der Waals surface area contributed by atoms with Gasteiger partial charge in [0, 0.05) is 12.1 Å². The normalized spacial score (nSPS) is 20.1. The second kappa shape index (κ2) is 6.79. The van der Waals surface area contributed by atoms with Gasteiger partial charge in [-0.3, -0.25) is 0 Å². The summed E-state index contributed by atoms with van der Waals surface area (Å²) in [6, 6.07) is 8.55. The van der Waals surface area contributed by atoms with E-state index in [0.29, 0.717) is 17.8 Å². The number of hydrogen-bond donors (Lipinski definition) is 2. The Morgan fingerprint density at radius 3 is 2.44 bits per heavy atom. The van der Waals surface area contributed by atoms with Crippen molar-refractivity contribution in [2.75, 3.05) is 0 Å². The summed E-state index contributed by atoms with van der Waals surface area (Å²) in [4.78, 5) is 0. The highest BCUT2D eigenvalue weighted by Gasteiger charge is 2.14. The summed E-state index contributed by atoms with van der Waals surface area (Å²) in [5, 5.41) is 13.2. The molecule has 1 atom stereocenters. The summed E-state index contributed by atoms with van der Waals surface area (Å²) in [6.45, 7) is 2.19. The predicted octanol–water partition coefficient (Wildman–Crippen LogP) is 4.16. The molecule has 0 spiro atoms. The van der Waals surface area contributed by atoms with Gasteiger partial charge in [0.25, 0.3) is 0 Å². The molecule has 0 bridgehead atoms. The minimum absolute atomic E-state index is 0.321. The first kappa shape index (κ1) is 13.4. The third-order valence-corrected chi connectivity index (χ3v) is 3.96. The van der Waals surface area contributed by atoms with E-state index in [1.54, 1.807) is 6.07 Å². The van der Waals surface area contributed by atoms with Gasteiger partial charge in [0.15, 0.2) is 0 Å². The third-order valence-electron chi connectivity index (χ3n) is 3.96. The zero-order chi connectivity index (χ0) is 12.8. The fraction of sp³-hybridized carbons (Fsp3) is 0.625. The van der Waals surface area contributed by atoms with E-state index < -0.39 is 0 Å². The first-order chi connectivity index (χ1) is 8.75. The zero-order valence-corrected chi connectivity index (χ0v) is 11.4. The molecule has 0 aromatic heterocycles. The molecule has 18 heavy (non-hydrogen) atoms. The van der Waals surface area contributed by atoms with Crippen LogP contribution in [0.1, 0.15) is 63.5 Å². The van der Waals surface area contributed by atoms with Gasteiger partial charge in [-0.1, -0.05) is 44.2 Å². The first-order valence-electron chi connectivity index (χ1n) is 7.30. The molecule has 1 unspecified atom stereocenters. The van der Waals surface area contributed by atoms with E-state index >= 15 is 0 Å². The summed E-state index contributed by atoms with van der Waals surface area (Å²) >= 11 is 0. The monoisotopic (exact) mass is 247 g/mol. The molecule has 0 aliphatic heterocycles. The highest BCUT2D eigenvalue weighted by atomic mass is 16.3. The number of phenols is 1. The molecule has 1 saturated carbocycles. The van der Waals surface area contributed by atoms with Crippen molar-refractivity contribution in [2.45, 2.75) is 64.0 Å². The summed E-state index contributed by atoms with van der Waals surface area (Å²) in [7, 11) is 0. The highest BCUT2D eigenvalue weighted by Crippen LogP contribution is 2.22. The molecule has 1 aromatic carbocycles. The number of nitrogens with one attached hydrogen (secondary N) is 1. The van der Waals surface area contributed by atoms with E-state index in [9.17, 15) is 5.11 Å². The average Bonchev–Trinajstić information content (AvgIpc) is 2.32. The Kier molecular flexibility index (Phi) is 5.06. The second-order valence-electron chi connectivity index (χ2n) is 5.53. The molecule has 2 rings (SSSR count). The van der Waals surface area contributed by atoms with Crippen molar-refractivity contribution in [3.8, 4) is 5.75 Å². The molecule has 1 aromatic rings. The largest absolute Gasteiger partial charge is 0.508 e. The lowest BCUT2D eigenvalue weighted by molar-refractivity contribution is 0.362. The van der Waals surface area contributed by atoms with Crippen LogP contribution < -0.4 is 5.32 Å². The Morgan fingerprint density at radius 2 is 1.78 bits per heavy atom. The van der Waals surface area contributed by atoms with Crippen molar-refractivity contribution >= 4 is 0 Å². The maximum Gasteiger partial charge on any atom is 0.115 e. The molecule has 0 radical (unpaired) electrons. The van der Waals surface area contributed by atoms with Gasteiger partial charge in [-0.2, -0.15) is 0 Å². The molecule has 1 aliphatic rings.